The molecule has 1 spiro atoms. The van der Waals surface area contributed by atoms with Crippen LogP contribution in [0.1, 0.15) is 30.0 Å². The van der Waals surface area contributed by atoms with E-state index >= 15 is 0 Å². The summed E-state index contributed by atoms with van der Waals surface area (Å²) in [6, 6.07) is 13.1. The lowest BCUT2D eigenvalue weighted by Crippen LogP contribution is -2.46. The van der Waals surface area contributed by atoms with Gasteiger partial charge in [-0.1, -0.05) is 35.9 Å². The van der Waals surface area contributed by atoms with Crippen molar-refractivity contribution in [1.82, 2.24) is 9.78 Å². The second kappa shape index (κ2) is 6.19. The summed E-state index contributed by atoms with van der Waals surface area (Å²) >= 11 is 6.15. The number of carbonyl (C=O) groups is 2. The van der Waals surface area contributed by atoms with E-state index in [0.29, 0.717) is 22.9 Å². The summed E-state index contributed by atoms with van der Waals surface area (Å²) in [5, 5.41) is 8.01. The van der Waals surface area contributed by atoms with Crippen molar-refractivity contribution >= 4 is 34.9 Å². The average Bonchev–Trinajstić information content (AvgIpc) is 3.21. The van der Waals surface area contributed by atoms with E-state index in [2.05, 4.69) is 10.4 Å². The molecule has 2 aliphatic heterocycles. The zero-order valence-electron chi connectivity index (χ0n) is 16.1. The molecule has 2 amide bonds. The molecule has 29 heavy (non-hydrogen) atoms. The van der Waals surface area contributed by atoms with Crippen molar-refractivity contribution in [2.24, 2.45) is 0 Å². The van der Waals surface area contributed by atoms with Crippen molar-refractivity contribution in [3.63, 3.8) is 0 Å². The highest BCUT2D eigenvalue weighted by molar-refractivity contribution is 6.30. The maximum Gasteiger partial charge on any atom is 0.242 e. The predicted octanol–water partition coefficient (Wildman–Crippen LogP) is 3.83. The van der Waals surface area contributed by atoms with Crippen LogP contribution in [0.3, 0.4) is 0 Å². The van der Waals surface area contributed by atoms with Gasteiger partial charge < -0.3 is 10.2 Å². The minimum absolute atomic E-state index is 0.0625. The first-order valence-electron chi connectivity index (χ1n) is 9.53. The van der Waals surface area contributed by atoms with Gasteiger partial charge >= 0.3 is 0 Å². The molecule has 0 fully saturated rings. The van der Waals surface area contributed by atoms with Crippen LogP contribution < -0.4 is 10.2 Å². The number of rotatable bonds is 2. The second-order valence-corrected chi connectivity index (χ2v) is 7.89. The molecule has 5 rings (SSSR count). The summed E-state index contributed by atoms with van der Waals surface area (Å²) in [5.41, 5.74) is 3.15. The van der Waals surface area contributed by atoms with Crippen LogP contribution >= 0.6 is 11.6 Å². The lowest BCUT2D eigenvalue weighted by Gasteiger charge is -2.32. The summed E-state index contributed by atoms with van der Waals surface area (Å²) < 4.78 is 1.64. The van der Waals surface area contributed by atoms with Crippen molar-refractivity contribution in [3.8, 4) is 5.69 Å². The predicted molar refractivity (Wildman–Crippen MR) is 112 cm³/mol. The van der Waals surface area contributed by atoms with E-state index < -0.39 is 5.41 Å². The molecule has 0 saturated carbocycles. The van der Waals surface area contributed by atoms with E-state index in [0.717, 1.165) is 22.5 Å². The lowest BCUT2D eigenvalue weighted by atomic mass is 9.71. The second-order valence-electron chi connectivity index (χ2n) is 7.45. The number of anilines is 2. The Hall–Kier alpha value is -3.12. The van der Waals surface area contributed by atoms with Crippen molar-refractivity contribution < 1.29 is 9.59 Å². The van der Waals surface area contributed by atoms with Gasteiger partial charge in [0.15, 0.2) is 0 Å². The zero-order chi connectivity index (χ0) is 20.3. The van der Waals surface area contributed by atoms with E-state index in [9.17, 15) is 9.59 Å². The molecule has 7 heteroatoms. The van der Waals surface area contributed by atoms with E-state index in [1.165, 1.54) is 0 Å². The van der Waals surface area contributed by atoms with Crippen LogP contribution in [0.2, 0.25) is 5.02 Å². The Balaban J connectivity index is 1.79. The maximum absolute atomic E-state index is 13.7. The molecular weight excluding hydrogens is 388 g/mol. The van der Waals surface area contributed by atoms with Crippen LogP contribution in [0.15, 0.2) is 48.7 Å². The first kappa shape index (κ1) is 17.9. The normalized spacial score (nSPS) is 20.0. The van der Waals surface area contributed by atoms with Crippen LogP contribution in [0.25, 0.3) is 5.69 Å². The SMILES string of the molecule is CCN1C(=O)[C@]2(CC(=O)Nc3c2cnn3-c2cccc(Cl)c2)c2cccc(C)c21. The molecule has 146 valence electrons. The number of carbonyl (C=O) groups excluding carboxylic acids is 2. The number of nitrogens with one attached hydrogen (secondary N) is 1. The monoisotopic (exact) mass is 406 g/mol. The number of benzene rings is 2. The summed E-state index contributed by atoms with van der Waals surface area (Å²) in [6.45, 7) is 4.48. The number of para-hydroxylation sites is 1. The highest BCUT2D eigenvalue weighted by atomic mass is 35.5. The molecule has 6 nitrogen and oxygen atoms in total. The number of fused-ring (bicyclic) bond motifs is 4. The Morgan fingerprint density at radius 1 is 1.17 bits per heavy atom. The number of nitrogens with zero attached hydrogens (tertiary/aromatic N) is 3. The van der Waals surface area contributed by atoms with Gasteiger partial charge in [-0.3, -0.25) is 9.59 Å². The van der Waals surface area contributed by atoms with Gasteiger partial charge in [-0.25, -0.2) is 4.68 Å². The molecule has 1 aromatic heterocycles. The Labute approximate surface area is 173 Å². The van der Waals surface area contributed by atoms with E-state index in [-0.39, 0.29) is 18.2 Å². The Morgan fingerprint density at radius 2 is 1.97 bits per heavy atom. The summed E-state index contributed by atoms with van der Waals surface area (Å²) in [4.78, 5) is 28.3. The van der Waals surface area contributed by atoms with Crippen molar-refractivity contribution in [2.45, 2.75) is 25.7 Å². The fourth-order valence-corrected chi connectivity index (χ4v) is 4.82. The quantitative estimate of drug-likeness (QED) is 0.703. The number of halogens is 1. The fourth-order valence-electron chi connectivity index (χ4n) is 4.64. The fraction of sp³-hybridized carbons (Fsp3) is 0.227. The highest BCUT2D eigenvalue weighted by Crippen LogP contribution is 2.53. The molecule has 2 aromatic carbocycles. The first-order chi connectivity index (χ1) is 14.0. The minimum Gasteiger partial charge on any atom is -0.311 e. The van der Waals surface area contributed by atoms with Gasteiger partial charge in [0, 0.05) is 23.6 Å². The van der Waals surface area contributed by atoms with Crippen molar-refractivity contribution in [1.29, 1.82) is 0 Å². The molecule has 0 unspecified atom stereocenters. The van der Waals surface area contributed by atoms with Crippen LogP contribution in [-0.4, -0.2) is 28.1 Å². The summed E-state index contributed by atoms with van der Waals surface area (Å²) in [7, 11) is 0. The average molecular weight is 407 g/mol. The summed E-state index contributed by atoms with van der Waals surface area (Å²) in [6.07, 6.45) is 1.76. The number of aryl methyl sites for hydroxylation is 1. The van der Waals surface area contributed by atoms with Crippen molar-refractivity contribution in [2.75, 3.05) is 16.8 Å². The third-order valence-electron chi connectivity index (χ3n) is 5.86. The molecule has 0 bridgehead atoms. The van der Waals surface area contributed by atoms with Gasteiger partial charge in [0.2, 0.25) is 11.8 Å². The van der Waals surface area contributed by atoms with Gasteiger partial charge in [-0.2, -0.15) is 5.10 Å². The third kappa shape index (κ3) is 2.32. The molecule has 3 heterocycles. The van der Waals surface area contributed by atoms with E-state index in [1.807, 2.05) is 44.2 Å². The Bertz CT molecular complexity index is 1190. The van der Waals surface area contributed by atoms with Gasteiger partial charge in [-0.05, 0) is 43.2 Å². The maximum atomic E-state index is 13.7. The molecule has 0 saturated heterocycles. The van der Waals surface area contributed by atoms with Crippen LogP contribution in [0.5, 0.6) is 0 Å². The van der Waals surface area contributed by atoms with E-state index in [1.54, 1.807) is 27.9 Å². The molecule has 2 aliphatic rings. The highest BCUT2D eigenvalue weighted by Gasteiger charge is 2.57. The summed E-state index contributed by atoms with van der Waals surface area (Å²) in [5.74, 6) is 0.230. The van der Waals surface area contributed by atoms with Gasteiger partial charge in [-0.15, -0.1) is 0 Å². The third-order valence-corrected chi connectivity index (χ3v) is 6.09. The minimum atomic E-state index is -1.06. The first-order valence-corrected chi connectivity index (χ1v) is 9.91. The number of hydrogen-bond acceptors (Lipinski definition) is 3. The molecule has 0 aliphatic carbocycles. The van der Waals surface area contributed by atoms with Crippen LogP contribution in [-0.2, 0) is 15.0 Å². The topological polar surface area (TPSA) is 67.2 Å². The Kier molecular flexibility index (Phi) is 3.83. The molecule has 0 radical (unpaired) electrons. The van der Waals surface area contributed by atoms with Gasteiger partial charge in [0.05, 0.1) is 17.6 Å². The number of hydrogen-bond donors (Lipinski definition) is 1. The Morgan fingerprint density at radius 3 is 2.72 bits per heavy atom. The smallest absolute Gasteiger partial charge is 0.242 e. The number of aromatic nitrogens is 2. The van der Waals surface area contributed by atoms with Gasteiger partial charge in [0.1, 0.15) is 11.2 Å². The molecule has 1 atom stereocenters. The molecule has 1 N–H and O–H groups in total. The standard InChI is InChI=1S/C22H19ClN4O2/c1-3-26-19-13(2)6-4-9-16(19)22(21(26)29)11-18(28)25-20-17(22)12-24-27(20)15-8-5-7-14(23)10-15/h4-10,12H,3,11H2,1-2H3,(H,25,28)/t22-/m1/s1. The van der Waals surface area contributed by atoms with E-state index in [4.69, 9.17) is 11.6 Å². The van der Waals surface area contributed by atoms with Crippen LogP contribution in [0.4, 0.5) is 11.5 Å². The largest absolute Gasteiger partial charge is 0.311 e. The van der Waals surface area contributed by atoms with Gasteiger partial charge in [0.25, 0.3) is 0 Å². The number of amides is 2. The van der Waals surface area contributed by atoms with Crippen LogP contribution in [0, 0.1) is 6.92 Å². The zero-order valence-corrected chi connectivity index (χ0v) is 16.8. The molecular formula is C22H19ClN4O2. The van der Waals surface area contributed by atoms with Crippen molar-refractivity contribution in [3.05, 3.63) is 70.4 Å². The number of likely N-dealkylation sites (N-methyl/N-ethyl adjacent to an activating group) is 1. The molecule has 3 aromatic rings. The lowest BCUT2D eigenvalue weighted by molar-refractivity contribution is -0.126.